The van der Waals surface area contributed by atoms with Gasteiger partial charge in [-0.25, -0.2) is 0 Å². The van der Waals surface area contributed by atoms with E-state index in [1.54, 1.807) is 0 Å². The minimum absolute atomic E-state index is 0. The molecule has 2 nitrogen and oxygen atoms in total. The highest BCUT2D eigenvalue weighted by Crippen LogP contribution is 2.54. The van der Waals surface area contributed by atoms with Gasteiger partial charge in [0.15, 0.2) is 0 Å². The summed E-state index contributed by atoms with van der Waals surface area (Å²) in [5, 5.41) is 8.83. The number of nitrogens with two attached hydrogens (primary N) is 1. The normalized spacial score (nSPS) is 46.5. The smallest absolute Gasteiger partial charge is 0.0729 e. The Balaban J connectivity index is 0.000000605. The lowest BCUT2D eigenvalue weighted by Crippen LogP contribution is -2.54. The van der Waals surface area contributed by atoms with Crippen molar-refractivity contribution < 1.29 is 0 Å². The highest BCUT2D eigenvalue weighted by molar-refractivity contribution is 5.85. The Morgan fingerprint density at radius 3 is 2.36 bits per heavy atom. The van der Waals surface area contributed by atoms with Crippen LogP contribution in [-0.2, 0) is 0 Å². The number of hydrogen-bond acceptors (Lipinski definition) is 2. The van der Waals surface area contributed by atoms with Crippen molar-refractivity contribution in [3.8, 4) is 6.07 Å². The second-order valence-electron chi connectivity index (χ2n) is 3.73. The van der Waals surface area contributed by atoms with Gasteiger partial charge < -0.3 is 5.73 Å². The van der Waals surface area contributed by atoms with Crippen LogP contribution >= 0.6 is 12.4 Å². The molecule has 11 heavy (non-hydrogen) atoms. The zero-order chi connectivity index (χ0) is 7.19. The second kappa shape index (κ2) is 2.66. The van der Waals surface area contributed by atoms with Crippen LogP contribution in [0.5, 0.6) is 0 Å². The Labute approximate surface area is 73.2 Å². The third-order valence-electron chi connectivity index (χ3n) is 3.12. The predicted molar refractivity (Wildman–Crippen MR) is 45.2 cm³/mol. The molecule has 0 saturated heterocycles. The number of nitriles is 1. The monoisotopic (exact) mass is 172 g/mol. The summed E-state index contributed by atoms with van der Waals surface area (Å²) in [7, 11) is 0. The van der Waals surface area contributed by atoms with Gasteiger partial charge in [0.05, 0.1) is 11.5 Å². The van der Waals surface area contributed by atoms with E-state index in [9.17, 15) is 0 Å². The molecule has 3 saturated carbocycles. The summed E-state index contributed by atoms with van der Waals surface area (Å²) in [6.45, 7) is 0. The molecule has 1 unspecified atom stereocenters. The molecule has 0 amide bonds. The second-order valence-corrected chi connectivity index (χ2v) is 3.73. The first-order valence-corrected chi connectivity index (χ1v) is 3.94. The van der Waals surface area contributed by atoms with Gasteiger partial charge in [-0.15, -0.1) is 12.4 Å². The third kappa shape index (κ3) is 1.04. The summed E-state index contributed by atoms with van der Waals surface area (Å²) >= 11 is 0. The SMILES string of the molecule is Cl.N#CC12CC(CCC1N)C2. The van der Waals surface area contributed by atoms with Crippen molar-refractivity contribution >= 4 is 12.4 Å². The Hall–Kier alpha value is -0.260. The first kappa shape index (κ1) is 8.83. The van der Waals surface area contributed by atoms with E-state index in [0.717, 1.165) is 25.2 Å². The van der Waals surface area contributed by atoms with Crippen molar-refractivity contribution in [2.24, 2.45) is 17.1 Å². The van der Waals surface area contributed by atoms with Gasteiger partial charge in [-0.2, -0.15) is 5.26 Å². The fraction of sp³-hybridized carbons (Fsp3) is 0.875. The van der Waals surface area contributed by atoms with Gasteiger partial charge in [0.25, 0.3) is 0 Å². The number of hydrogen-bond donors (Lipinski definition) is 1. The van der Waals surface area contributed by atoms with Crippen molar-refractivity contribution in [2.75, 3.05) is 0 Å². The van der Waals surface area contributed by atoms with Gasteiger partial charge in [-0.1, -0.05) is 0 Å². The summed E-state index contributed by atoms with van der Waals surface area (Å²) in [6.07, 6.45) is 4.47. The lowest BCUT2D eigenvalue weighted by molar-refractivity contribution is 0.0265. The maximum absolute atomic E-state index is 8.83. The highest BCUT2D eigenvalue weighted by atomic mass is 35.5. The van der Waals surface area contributed by atoms with Crippen molar-refractivity contribution in [3.63, 3.8) is 0 Å². The van der Waals surface area contributed by atoms with E-state index >= 15 is 0 Å². The molecule has 0 aromatic carbocycles. The van der Waals surface area contributed by atoms with Crippen molar-refractivity contribution in [1.29, 1.82) is 5.26 Å². The molecule has 0 heterocycles. The Morgan fingerprint density at radius 2 is 2.00 bits per heavy atom. The lowest BCUT2D eigenvalue weighted by Gasteiger charge is -2.51. The fourth-order valence-electron chi connectivity index (χ4n) is 2.34. The van der Waals surface area contributed by atoms with Crippen LogP contribution in [0.2, 0.25) is 0 Å². The van der Waals surface area contributed by atoms with Gasteiger partial charge in [-0.3, -0.25) is 0 Å². The molecular formula is C8H13ClN2. The first-order chi connectivity index (χ1) is 4.77. The average Bonchev–Trinajstić information content (AvgIpc) is 1.86. The number of nitrogens with zero attached hydrogens (tertiary/aromatic N) is 1. The van der Waals surface area contributed by atoms with Crippen LogP contribution in [0.1, 0.15) is 25.7 Å². The van der Waals surface area contributed by atoms with E-state index in [1.165, 1.54) is 6.42 Å². The van der Waals surface area contributed by atoms with Crippen LogP contribution in [0.25, 0.3) is 0 Å². The predicted octanol–water partition coefficient (Wildman–Crippen LogP) is 1.45. The quantitative estimate of drug-likeness (QED) is 0.602. The van der Waals surface area contributed by atoms with E-state index in [4.69, 9.17) is 11.0 Å². The molecule has 0 radical (unpaired) electrons. The molecule has 2 bridgehead atoms. The molecule has 3 aliphatic carbocycles. The van der Waals surface area contributed by atoms with Gasteiger partial charge in [0.2, 0.25) is 0 Å². The molecule has 0 aliphatic heterocycles. The molecule has 0 aromatic rings. The zero-order valence-corrected chi connectivity index (χ0v) is 7.23. The van der Waals surface area contributed by atoms with Crippen LogP contribution in [0.4, 0.5) is 0 Å². The van der Waals surface area contributed by atoms with Crippen LogP contribution in [-0.4, -0.2) is 6.04 Å². The van der Waals surface area contributed by atoms with Crippen LogP contribution in [0.15, 0.2) is 0 Å². The lowest BCUT2D eigenvalue weighted by atomic mass is 9.53. The van der Waals surface area contributed by atoms with E-state index < -0.39 is 0 Å². The molecule has 3 fully saturated rings. The number of rotatable bonds is 0. The molecule has 2 N–H and O–H groups in total. The average molecular weight is 173 g/mol. The Kier molecular flexibility index (Phi) is 2.13. The fourth-order valence-corrected chi connectivity index (χ4v) is 2.34. The van der Waals surface area contributed by atoms with E-state index in [1.807, 2.05) is 0 Å². The van der Waals surface area contributed by atoms with Crippen LogP contribution in [0.3, 0.4) is 0 Å². The van der Waals surface area contributed by atoms with Crippen molar-refractivity contribution in [2.45, 2.75) is 31.7 Å². The maximum Gasteiger partial charge on any atom is 0.0729 e. The van der Waals surface area contributed by atoms with E-state index in [0.29, 0.717) is 0 Å². The summed E-state index contributed by atoms with van der Waals surface area (Å²) in [5.41, 5.74) is 5.74. The molecule has 0 spiro atoms. The summed E-state index contributed by atoms with van der Waals surface area (Å²) in [5.74, 6) is 0.833. The highest BCUT2D eigenvalue weighted by Gasteiger charge is 2.52. The van der Waals surface area contributed by atoms with Crippen LogP contribution < -0.4 is 5.73 Å². The Bertz CT molecular complexity index is 191. The van der Waals surface area contributed by atoms with Crippen molar-refractivity contribution in [3.05, 3.63) is 0 Å². The van der Waals surface area contributed by atoms with Gasteiger partial charge in [0, 0.05) is 6.04 Å². The van der Waals surface area contributed by atoms with Crippen molar-refractivity contribution in [1.82, 2.24) is 0 Å². The summed E-state index contributed by atoms with van der Waals surface area (Å²) in [4.78, 5) is 0. The summed E-state index contributed by atoms with van der Waals surface area (Å²) in [6, 6.07) is 2.54. The molecular weight excluding hydrogens is 160 g/mol. The molecule has 1 atom stereocenters. The van der Waals surface area contributed by atoms with Gasteiger partial charge in [0.1, 0.15) is 0 Å². The maximum atomic E-state index is 8.83. The van der Waals surface area contributed by atoms with Crippen LogP contribution in [0, 0.1) is 22.7 Å². The largest absolute Gasteiger partial charge is 0.326 e. The van der Waals surface area contributed by atoms with E-state index in [2.05, 4.69) is 6.07 Å². The molecule has 3 aliphatic rings. The standard InChI is InChI=1S/C8H12N2.ClH/c9-5-8-3-6(4-8)1-2-7(8)10;/h6-7H,1-4,10H2;1H. The molecule has 3 rings (SSSR count). The Morgan fingerprint density at radius 1 is 1.36 bits per heavy atom. The number of halogens is 1. The minimum atomic E-state index is -0.0943. The summed E-state index contributed by atoms with van der Waals surface area (Å²) < 4.78 is 0. The molecule has 3 heteroatoms. The minimum Gasteiger partial charge on any atom is -0.326 e. The first-order valence-electron chi connectivity index (χ1n) is 3.94. The zero-order valence-electron chi connectivity index (χ0n) is 6.42. The topological polar surface area (TPSA) is 49.8 Å². The molecule has 0 aromatic heterocycles. The molecule has 62 valence electrons. The number of fused-ring (bicyclic) bond motifs is 2. The van der Waals surface area contributed by atoms with E-state index in [-0.39, 0.29) is 23.9 Å². The van der Waals surface area contributed by atoms with Gasteiger partial charge >= 0.3 is 0 Å². The third-order valence-corrected chi connectivity index (χ3v) is 3.12. The van der Waals surface area contributed by atoms with Gasteiger partial charge in [-0.05, 0) is 31.6 Å².